The van der Waals surface area contributed by atoms with Crippen molar-refractivity contribution in [3.05, 3.63) is 59.7 Å². The van der Waals surface area contributed by atoms with E-state index in [0.717, 1.165) is 24.3 Å². The zero-order valence-corrected chi connectivity index (χ0v) is 14.4. The maximum atomic E-state index is 12.4. The summed E-state index contributed by atoms with van der Waals surface area (Å²) < 4.78 is 52.3. The van der Waals surface area contributed by atoms with Gasteiger partial charge in [-0.15, -0.1) is 0 Å². The lowest BCUT2D eigenvalue weighted by molar-refractivity contribution is -0.119. The van der Waals surface area contributed by atoms with Crippen LogP contribution in [0.2, 0.25) is 0 Å². The fourth-order valence-electron chi connectivity index (χ4n) is 1.92. The molecule has 2 aromatic rings. The molecule has 0 aliphatic rings. The largest absolute Gasteiger partial charge is 0.452 e. The molecule has 0 spiro atoms. The Morgan fingerprint density at radius 1 is 1.07 bits per heavy atom. The van der Waals surface area contributed by atoms with Crippen LogP contribution in [-0.4, -0.2) is 32.7 Å². The predicted molar refractivity (Wildman–Crippen MR) is 89.7 cm³/mol. The Balaban J connectivity index is 1.93. The van der Waals surface area contributed by atoms with Crippen molar-refractivity contribution < 1.29 is 31.5 Å². The Hall–Kier alpha value is -3.32. The zero-order chi connectivity index (χ0) is 20.0. The van der Waals surface area contributed by atoms with E-state index in [1.165, 1.54) is 24.3 Å². The first kappa shape index (κ1) is 20.0. The number of rotatable bonds is 6. The highest BCUT2D eigenvalue weighted by Gasteiger charge is 2.26. The molecule has 0 aliphatic heterocycles. The van der Waals surface area contributed by atoms with Crippen LogP contribution in [0.25, 0.3) is 0 Å². The van der Waals surface area contributed by atoms with Crippen molar-refractivity contribution in [1.82, 2.24) is 0 Å². The number of nitriles is 1. The number of hydrogen-bond donors (Lipinski definition) is 1. The average Bonchev–Trinajstić information content (AvgIpc) is 2.66. The van der Waals surface area contributed by atoms with E-state index in [0.29, 0.717) is 11.3 Å². The number of carbonyl (C=O) groups excluding carboxylic acids is 2. The molecule has 0 fully saturated rings. The van der Waals surface area contributed by atoms with E-state index in [-0.39, 0.29) is 5.56 Å². The van der Waals surface area contributed by atoms with Crippen molar-refractivity contribution in [2.24, 2.45) is 0 Å². The second-order valence-electron chi connectivity index (χ2n) is 5.14. The third-order valence-electron chi connectivity index (χ3n) is 3.29. The van der Waals surface area contributed by atoms with E-state index in [9.17, 15) is 26.8 Å². The molecule has 0 saturated carbocycles. The van der Waals surface area contributed by atoms with E-state index < -0.39 is 39.0 Å². The lowest BCUT2D eigenvalue weighted by atomic mass is 10.2. The van der Waals surface area contributed by atoms with Gasteiger partial charge in [0.1, 0.15) is 0 Å². The number of nitrogens with one attached hydrogen (secondary N) is 1. The zero-order valence-electron chi connectivity index (χ0n) is 13.6. The third kappa shape index (κ3) is 5.08. The van der Waals surface area contributed by atoms with Crippen molar-refractivity contribution in [2.75, 3.05) is 11.9 Å². The molecule has 0 atom stereocenters. The van der Waals surface area contributed by atoms with Crippen LogP contribution in [-0.2, 0) is 19.4 Å². The first-order valence-corrected chi connectivity index (χ1v) is 8.88. The van der Waals surface area contributed by atoms with Crippen LogP contribution in [0.15, 0.2) is 53.4 Å². The molecule has 2 rings (SSSR count). The van der Waals surface area contributed by atoms with Gasteiger partial charge in [-0.25, -0.2) is 13.2 Å². The first-order valence-electron chi connectivity index (χ1n) is 7.33. The van der Waals surface area contributed by atoms with Gasteiger partial charge in [0.2, 0.25) is 9.84 Å². The Labute approximate surface area is 153 Å². The topological polar surface area (TPSA) is 113 Å². The Bertz CT molecular complexity index is 981. The molecule has 0 aromatic heterocycles. The second-order valence-corrected chi connectivity index (χ2v) is 7.06. The van der Waals surface area contributed by atoms with Crippen LogP contribution < -0.4 is 5.32 Å². The van der Waals surface area contributed by atoms with E-state index in [1.807, 2.05) is 6.07 Å². The summed E-state index contributed by atoms with van der Waals surface area (Å²) >= 11 is 0. The molecule has 7 nitrogen and oxygen atoms in total. The molecule has 27 heavy (non-hydrogen) atoms. The van der Waals surface area contributed by atoms with Crippen molar-refractivity contribution >= 4 is 27.4 Å². The highest BCUT2D eigenvalue weighted by atomic mass is 32.2. The van der Waals surface area contributed by atoms with Crippen LogP contribution in [0.5, 0.6) is 0 Å². The number of nitrogens with zero attached hydrogens (tertiary/aromatic N) is 1. The molecule has 0 bridgehead atoms. The normalized spacial score (nSPS) is 10.9. The van der Waals surface area contributed by atoms with Crippen LogP contribution >= 0.6 is 0 Å². The smallest absolute Gasteiger partial charge is 0.341 e. The number of carbonyl (C=O) groups is 2. The summed E-state index contributed by atoms with van der Waals surface area (Å²) in [4.78, 5) is 23.0. The number of anilines is 1. The van der Waals surface area contributed by atoms with E-state index in [4.69, 9.17) is 10.00 Å². The summed E-state index contributed by atoms with van der Waals surface area (Å²) in [5.41, 5.74) is 0.711. The lowest BCUT2D eigenvalue weighted by Gasteiger charge is -2.07. The number of benzene rings is 2. The van der Waals surface area contributed by atoms with Gasteiger partial charge in [0, 0.05) is 5.69 Å². The lowest BCUT2D eigenvalue weighted by Crippen LogP contribution is -2.21. The maximum absolute atomic E-state index is 12.4. The molecular weight excluding hydrogens is 382 g/mol. The first-order chi connectivity index (χ1) is 12.7. The average molecular weight is 394 g/mol. The molecule has 2 aromatic carbocycles. The molecule has 10 heteroatoms. The van der Waals surface area contributed by atoms with Crippen LogP contribution in [0.4, 0.5) is 14.5 Å². The highest BCUT2D eigenvalue weighted by molar-refractivity contribution is 7.91. The summed E-state index contributed by atoms with van der Waals surface area (Å²) in [5.74, 6) is -5.13. The molecule has 1 N–H and O–H groups in total. The molecule has 0 heterocycles. The second kappa shape index (κ2) is 8.37. The molecule has 0 aliphatic carbocycles. The van der Waals surface area contributed by atoms with E-state index in [1.54, 1.807) is 0 Å². The SMILES string of the molecule is N#Cc1ccc(NC(=O)COC(=O)c2ccc(S(=O)(=O)C(F)F)cc2)cc1. The predicted octanol–water partition coefficient (Wildman–Crippen LogP) is 2.35. The van der Waals surface area contributed by atoms with Gasteiger partial charge in [0.15, 0.2) is 6.61 Å². The number of alkyl halides is 2. The van der Waals surface area contributed by atoms with Crippen molar-refractivity contribution in [1.29, 1.82) is 5.26 Å². The number of ether oxygens (including phenoxy) is 1. The quantitative estimate of drug-likeness (QED) is 0.753. The number of esters is 1. The van der Waals surface area contributed by atoms with Gasteiger partial charge in [-0.2, -0.15) is 14.0 Å². The van der Waals surface area contributed by atoms with Crippen molar-refractivity contribution in [3.8, 4) is 6.07 Å². The number of hydrogen-bond acceptors (Lipinski definition) is 6. The summed E-state index contributed by atoms with van der Waals surface area (Å²) in [7, 11) is -4.75. The van der Waals surface area contributed by atoms with Gasteiger partial charge in [0.05, 0.1) is 22.1 Å². The Morgan fingerprint density at radius 2 is 1.67 bits per heavy atom. The molecule has 0 unspecified atom stereocenters. The summed E-state index contributed by atoms with van der Waals surface area (Å²) in [6, 6.07) is 11.7. The van der Waals surface area contributed by atoms with Gasteiger partial charge in [-0.1, -0.05) is 0 Å². The molecule has 140 valence electrons. The summed E-state index contributed by atoms with van der Waals surface area (Å²) in [5, 5.41) is 11.1. The number of halogens is 2. The minimum Gasteiger partial charge on any atom is -0.452 e. The highest BCUT2D eigenvalue weighted by Crippen LogP contribution is 2.19. The number of amides is 1. The van der Waals surface area contributed by atoms with Gasteiger partial charge < -0.3 is 10.1 Å². The van der Waals surface area contributed by atoms with Gasteiger partial charge in [0.25, 0.3) is 5.91 Å². The molecular formula is C17H12F2N2O5S. The fourth-order valence-corrected chi connectivity index (χ4v) is 2.64. The van der Waals surface area contributed by atoms with Crippen LogP contribution in [0.1, 0.15) is 15.9 Å². The maximum Gasteiger partial charge on any atom is 0.341 e. The fraction of sp³-hybridized carbons (Fsp3) is 0.118. The minimum absolute atomic E-state index is 0.102. The van der Waals surface area contributed by atoms with Crippen LogP contribution in [0.3, 0.4) is 0 Å². The molecule has 0 radical (unpaired) electrons. The third-order valence-corrected chi connectivity index (χ3v) is 4.68. The molecule has 0 saturated heterocycles. The van der Waals surface area contributed by atoms with E-state index >= 15 is 0 Å². The van der Waals surface area contributed by atoms with Crippen LogP contribution in [0, 0.1) is 11.3 Å². The van der Waals surface area contributed by atoms with Crippen molar-refractivity contribution in [2.45, 2.75) is 10.7 Å². The Kier molecular flexibility index (Phi) is 6.20. The minimum atomic E-state index is -4.75. The van der Waals surface area contributed by atoms with Gasteiger partial charge in [-0.3, -0.25) is 4.79 Å². The summed E-state index contributed by atoms with van der Waals surface area (Å²) in [6.45, 7) is -0.615. The summed E-state index contributed by atoms with van der Waals surface area (Å²) in [6.07, 6.45) is 0. The van der Waals surface area contributed by atoms with Gasteiger partial charge in [-0.05, 0) is 48.5 Å². The van der Waals surface area contributed by atoms with E-state index in [2.05, 4.69) is 5.32 Å². The Morgan fingerprint density at radius 3 is 2.19 bits per heavy atom. The van der Waals surface area contributed by atoms with Gasteiger partial charge >= 0.3 is 11.7 Å². The van der Waals surface area contributed by atoms with Crippen molar-refractivity contribution in [3.63, 3.8) is 0 Å². The standard InChI is InChI=1S/C17H12F2N2O5S/c18-17(19)27(24,25)14-7-3-12(4-8-14)16(23)26-10-15(22)21-13-5-1-11(9-20)2-6-13/h1-8,17H,10H2,(H,21,22). The number of sulfone groups is 1. The monoisotopic (exact) mass is 394 g/mol. The molecule has 1 amide bonds.